The van der Waals surface area contributed by atoms with Gasteiger partial charge in [-0.25, -0.2) is 0 Å². The maximum atomic E-state index is 12.3. The maximum Gasteiger partial charge on any atom is 0.269 e. The average Bonchev–Trinajstić information content (AvgIpc) is 2.91. The van der Waals surface area contributed by atoms with E-state index in [9.17, 15) is 14.9 Å². The number of fused-ring (bicyclic) bond motifs is 1. The van der Waals surface area contributed by atoms with E-state index in [-0.39, 0.29) is 17.5 Å². The molecule has 1 atom stereocenters. The molecule has 0 bridgehead atoms. The minimum atomic E-state index is -0.469. The molecule has 0 aliphatic carbocycles. The molecule has 2 aromatic rings. The molecular formula is C16H14N2O3. The van der Waals surface area contributed by atoms with Crippen LogP contribution in [0.4, 0.5) is 5.69 Å². The van der Waals surface area contributed by atoms with Gasteiger partial charge in [-0.2, -0.15) is 0 Å². The number of ketones is 1. The van der Waals surface area contributed by atoms with Crippen LogP contribution in [0, 0.1) is 10.1 Å². The molecule has 3 rings (SSSR count). The summed E-state index contributed by atoms with van der Waals surface area (Å²) in [5, 5.41) is 13.9. The number of Topliss-reactive ketones (excluding diaryl/α,β-unsaturated/α-hetero) is 1. The first-order valence-corrected chi connectivity index (χ1v) is 6.74. The van der Waals surface area contributed by atoms with E-state index in [1.165, 1.54) is 29.8 Å². The number of rotatable bonds is 4. The van der Waals surface area contributed by atoms with Crippen molar-refractivity contribution in [3.05, 3.63) is 75.3 Å². The Hall–Kier alpha value is -2.53. The Morgan fingerprint density at radius 1 is 1.19 bits per heavy atom. The zero-order valence-corrected chi connectivity index (χ0v) is 11.3. The van der Waals surface area contributed by atoms with Crippen molar-refractivity contribution >= 4 is 11.5 Å². The lowest BCUT2D eigenvalue weighted by atomic mass is 9.98. The predicted molar refractivity (Wildman–Crippen MR) is 78.1 cm³/mol. The molecule has 106 valence electrons. The summed E-state index contributed by atoms with van der Waals surface area (Å²) >= 11 is 0. The lowest BCUT2D eigenvalue weighted by molar-refractivity contribution is -0.384. The number of nitrogens with one attached hydrogen (secondary N) is 1. The topological polar surface area (TPSA) is 72.2 Å². The van der Waals surface area contributed by atoms with Crippen LogP contribution in [-0.2, 0) is 6.54 Å². The fourth-order valence-electron chi connectivity index (χ4n) is 2.63. The van der Waals surface area contributed by atoms with Crippen molar-refractivity contribution in [2.75, 3.05) is 0 Å². The molecule has 21 heavy (non-hydrogen) atoms. The van der Waals surface area contributed by atoms with Gasteiger partial charge in [0.2, 0.25) is 0 Å². The van der Waals surface area contributed by atoms with Crippen LogP contribution in [0.5, 0.6) is 0 Å². The molecule has 1 aliphatic heterocycles. The van der Waals surface area contributed by atoms with E-state index in [0.717, 1.165) is 12.1 Å². The highest BCUT2D eigenvalue weighted by Gasteiger charge is 2.24. The van der Waals surface area contributed by atoms with Gasteiger partial charge >= 0.3 is 0 Å². The molecule has 1 unspecified atom stereocenters. The molecule has 5 nitrogen and oxygen atoms in total. The largest absolute Gasteiger partial charge is 0.305 e. The van der Waals surface area contributed by atoms with Crippen molar-refractivity contribution in [3.63, 3.8) is 0 Å². The van der Waals surface area contributed by atoms with Gasteiger partial charge in [0, 0.05) is 36.7 Å². The van der Waals surface area contributed by atoms with E-state index >= 15 is 0 Å². The number of non-ortho nitro benzene ring substituents is 1. The van der Waals surface area contributed by atoms with Crippen LogP contribution >= 0.6 is 0 Å². The molecule has 5 heteroatoms. The van der Waals surface area contributed by atoms with Crippen LogP contribution in [0.1, 0.15) is 33.9 Å². The second kappa shape index (κ2) is 5.46. The van der Waals surface area contributed by atoms with E-state index in [4.69, 9.17) is 0 Å². The minimum absolute atomic E-state index is 0.00381. The fourth-order valence-corrected chi connectivity index (χ4v) is 2.63. The molecule has 0 amide bonds. The average molecular weight is 282 g/mol. The first-order valence-electron chi connectivity index (χ1n) is 6.74. The summed E-state index contributed by atoms with van der Waals surface area (Å²) in [6, 6.07) is 13.8. The van der Waals surface area contributed by atoms with Gasteiger partial charge in [-0.1, -0.05) is 24.3 Å². The lowest BCUT2D eigenvalue weighted by Crippen LogP contribution is -2.16. The summed E-state index contributed by atoms with van der Waals surface area (Å²) in [6.07, 6.45) is 0.356. The number of hydrogen-bond acceptors (Lipinski definition) is 4. The maximum absolute atomic E-state index is 12.3. The van der Waals surface area contributed by atoms with Crippen molar-refractivity contribution in [3.8, 4) is 0 Å². The summed E-state index contributed by atoms with van der Waals surface area (Å²) < 4.78 is 0. The van der Waals surface area contributed by atoms with Crippen LogP contribution in [0.3, 0.4) is 0 Å². The van der Waals surface area contributed by atoms with Crippen LogP contribution in [0.2, 0.25) is 0 Å². The number of carbonyl (C=O) groups excluding carboxylic acids is 1. The molecule has 0 saturated carbocycles. The number of carbonyl (C=O) groups is 1. The Labute approximate surface area is 121 Å². The van der Waals surface area contributed by atoms with Gasteiger partial charge in [0.05, 0.1) is 4.92 Å². The second-order valence-corrected chi connectivity index (χ2v) is 5.06. The fraction of sp³-hybridized carbons (Fsp3) is 0.188. The number of hydrogen-bond donors (Lipinski definition) is 1. The summed E-state index contributed by atoms with van der Waals surface area (Å²) in [7, 11) is 0. The third-order valence-corrected chi connectivity index (χ3v) is 3.76. The summed E-state index contributed by atoms with van der Waals surface area (Å²) in [6.45, 7) is 0.772. The molecule has 1 heterocycles. The van der Waals surface area contributed by atoms with Crippen molar-refractivity contribution in [2.45, 2.75) is 19.0 Å². The van der Waals surface area contributed by atoms with Gasteiger partial charge in [0.15, 0.2) is 5.78 Å². The summed E-state index contributed by atoms with van der Waals surface area (Å²) in [5.41, 5.74) is 2.88. The second-order valence-electron chi connectivity index (χ2n) is 5.06. The standard InChI is InChI=1S/C16H14N2O3/c19-16(11-5-7-13(8-6-11)18(20)21)9-15-14-4-2-1-3-12(14)10-17-15/h1-8,15,17H,9-10H2. The van der Waals surface area contributed by atoms with Gasteiger partial charge in [-0.3, -0.25) is 14.9 Å². The van der Waals surface area contributed by atoms with E-state index < -0.39 is 4.92 Å². The Balaban J connectivity index is 1.74. The predicted octanol–water partition coefficient (Wildman–Crippen LogP) is 3.01. The van der Waals surface area contributed by atoms with Gasteiger partial charge in [0.1, 0.15) is 0 Å². The van der Waals surface area contributed by atoms with Crippen molar-refractivity contribution in [1.29, 1.82) is 0 Å². The normalized spacial score (nSPS) is 16.5. The number of benzene rings is 2. The number of nitro benzene ring substituents is 1. The lowest BCUT2D eigenvalue weighted by Gasteiger charge is -2.11. The first kappa shape index (κ1) is 13.5. The SMILES string of the molecule is O=C(CC1NCc2ccccc21)c1ccc([N+](=O)[O-])cc1. The highest BCUT2D eigenvalue weighted by atomic mass is 16.6. The molecule has 2 aromatic carbocycles. The van der Waals surface area contributed by atoms with Gasteiger partial charge < -0.3 is 5.32 Å². The molecule has 0 saturated heterocycles. The summed E-state index contributed by atoms with van der Waals surface area (Å²) in [4.78, 5) is 22.4. The molecule has 0 fully saturated rings. The van der Waals surface area contributed by atoms with Crippen LogP contribution in [0.25, 0.3) is 0 Å². The van der Waals surface area contributed by atoms with Gasteiger partial charge in [-0.05, 0) is 23.3 Å². The quantitative estimate of drug-likeness (QED) is 0.531. The highest BCUT2D eigenvalue weighted by Crippen LogP contribution is 2.28. The van der Waals surface area contributed by atoms with Crippen LogP contribution in [-0.4, -0.2) is 10.7 Å². The molecule has 0 aromatic heterocycles. The molecule has 0 radical (unpaired) electrons. The highest BCUT2D eigenvalue weighted by molar-refractivity contribution is 5.96. The molecule has 1 N–H and O–H groups in total. The molecule has 1 aliphatic rings. The van der Waals surface area contributed by atoms with Crippen LogP contribution < -0.4 is 5.32 Å². The van der Waals surface area contributed by atoms with Crippen molar-refractivity contribution in [1.82, 2.24) is 5.32 Å². The van der Waals surface area contributed by atoms with Crippen molar-refractivity contribution < 1.29 is 9.72 Å². The number of nitrogens with zero attached hydrogens (tertiary/aromatic N) is 1. The van der Waals surface area contributed by atoms with E-state index in [0.29, 0.717) is 12.0 Å². The van der Waals surface area contributed by atoms with Crippen LogP contribution in [0.15, 0.2) is 48.5 Å². The Morgan fingerprint density at radius 2 is 1.90 bits per heavy atom. The monoisotopic (exact) mass is 282 g/mol. The minimum Gasteiger partial charge on any atom is -0.305 e. The van der Waals surface area contributed by atoms with Crippen molar-refractivity contribution in [2.24, 2.45) is 0 Å². The van der Waals surface area contributed by atoms with E-state index in [1.54, 1.807) is 0 Å². The third kappa shape index (κ3) is 2.68. The Morgan fingerprint density at radius 3 is 2.62 bits per heavy atom. The number of nitro groups is 1. The first-order chi connectivity index (χ1) is 10.1. The Bertz CT molecular complexity index is 695. The van der Waals surface area contributed by atoms with E-state index in [2.05, 4.69) is 11.4 Å². The molecular weight excluding hydrogens is 268 g/mol. The van der Waals surface area contributed by atoms with Gasteiger partial charge in [-0.15, -0.1) is 0 Å². The van der Waals surface area contributed by atoms with Gasteiger partial charge in [0.25, 0.3) is 5.69 Å². The zero-order chi connectivity index (χ0) is 14.8. The third-order valence-electron chi connectivity index (χ3n) is 3.76. The Kier molecular flexibility index (Phi) is 3.50. The smallest absolute Gasteiger partial charge is 0.269 e. The zero-order valence-electron chi connectivity index (χ0n) is 11.3. The van der Waals surface area contributed by atoms with E-state index in [1.807, 2.05) is 18.2 Å². The molecule has 0 spiro atoms. The summed E-state index contributed by atoms with van der Waals surface area (Å²) in [5.74, 6) is -0.0147.